The zero-order valence-electron chi connectivity index (χ0n) is 16.4. The molecule has 1 aromatic heterocycles. The second-order valence-electron chi connectivity index (χ2n) is 7.77. The number of hydrazone groups is 1. The van der Waals surface area contributed by atoms with Crippen molar-refractivity contribution < 1.29 is 4.79 Å². The molecule has 152 valence electrons. The van der Waals surface area contributed by atoms with E-state index in [1.54, 1.807) is 18.3 Å². The Hall–Kier alpha value is -2.11. The fourth-order valence-corrected chi connectivity index (χ4v) is 4.73. The van der Waals surface area contributed by atoms with Gasteiger partial charge in [-0.25, -0.2) is 0 Å². The number of carbonyl (C=O) groups is 1. The fraction of sp³-hybridized carbons (Fsp3) is 0.409. The molecule has 1 N–H and O–H groups in total. The number of nitrogens with zero attached hydrogens (tertiary/aromatic N) is 3. The summed E-state index contributed by atoms with van der Waals surface area (Å²) in [7, 11) is 0. The lowest BCUT2D eigenvalue weighted by Gasteiger charge is -2.27. The Labute approximate surface area is 181 Å². The number of fused-ring (bicyclic) bond motifs is 1. The van der Waals surface area contributed by atoms with Crippen LogP contribution in [0.4, 0.5) is 5.69 Å². The largest absolute Gasteiger partial charge is 0.321 e. The number of benzene rings is 1. The first-order valence-corrected chi connectivity index (χ1v) is 10.8. The van der Waals surface area contributed by atoms with Gasteiger partial charge in [0.15, 0.2) is 0 Å². The van der Waals surface area contributed by atoms with Gasteiger partial charge in [0.2, 0.25) is 0 Å². The van der Waals surface area contributed by atoms with Crippen molar-refractivity contribution in [2.24, 2.45) is 11.0 Å². The number of halogens is 2. The highest BCUT2D eigenvalue weighted by atomic mass is 35.5. The summed E-state index contributed by atoms with van der Waals surface area (Å²) in [6.07, 6.45) is 7.19. The highest BCUT2D eigenvalue weighted by Crippen LogP contribution is 2.36. The van der Waals surface area contributed by atoms with Crippen molar-refractivity contribution in [2.45, 2.75) is 51.6 Å². The smallest absolute Gasteiger partial charge is 0.272 e. The van der Waals surface area contributed by atoms with Gasteiger partial charge in [-0.2, -0.15) is 5.10 Å². The van der Waals surface area contributed by atoms with Crippen molar-refractivity contribution in [2.75, 3.05) is 5.32 Å². The molecule has 1 amide bonds. The molecule has 2 atom stereocenters. The fourth-order valence-electron chi connectivity index (χ4n) is 4.26. The number of carbonyl (C=O) groups excluding carboxylic acids is 1. The van der Waals surface area contributed by atoms with Gasteiger partial charge in [0.05, 0.1) is 12.6 Å². The average molecular weight is 431 g/mol. The molecular weight excluding hydrogens is 407 g/mol. The number of anilines is 1. The average Bonchev–Trinajstić information content (AvgIpc) is 2.85. The Morgan fingerprint density at radius 1 is 1.17 bits per heavy atom. The van der Waals surface area contributed by atoms with Gasteiger partial charge in [-0.3, -0.25) is 14.8 Å². The van der Waals surface area contributed by atoms with Gasteiger partial charge in [0.25, 0.3) is 5.91 Å². The standard InChI is InChI=1S/C22H24Cl2N4O/c1-14-11-17(9-10-25-14)26-22(29)21-18-5-3-2-4-6-20(18)28(27-21)13-15-7-8-16(23)12-19(15)24/h7-12,18,20H,2-6,13H2,1H3,(H,25,26,29). The summed E-state index contributed by atoms with van der Waals surface area (Å²) in [5.41, 5.74) is 3.20. The topological polar surface area (TPSA) is 57.6 Å². The minimum absolute atomic E-state index is 0.128. The van der Waals surface area contributed by atoms with Crippen LogP contribution in [0.5, 0.6) is 0 Å². The van der Waals surface area contributed by atoms with Gasteiger partial charge >= 0.3 is 0 Å². The van der Waals surface area contributed by atoms with Crippen molar-refractivity contribution in [3.05, 3.63) is 57.8 Å². The predicted molar refractivity (Wildman–Crippen MR) is 117 cm³/mol. The zero-order valence-corrected chi connectivity index (χ0v) is 17.9. The molecule has 1 aliphatic carbocycles. The van der Waals surface area contributed by atoms with Gasteiger partial charge < -0.3 is 5.32 Å². The van der Waals surface area contributed by atoms with Crippen LogP contribution in [-0.4, -0.2) is 27.7 Å². The number of nitrogens with one attached hydrogen (secondary N) is 1. The van der Waals surface area contributed by atoms with Crippen molar-refractivity contribution >= 4 is 40.5 Å². The van der Waals surface area contributed by atoms with E-state index in [2.05, 4.69) is 15.3 Å². The molecular formula is C22H24Cl2N4O. The normalized spacial score (nSPS) is 21.3. The molecule has 1 aromatic carbocycles. The molecule has 1 saturated carbocycles. The molecule has 1 aliphatic heterocycles. The molecule has 5 nitrogen and oxygen atoms in total. The van der Waals surface area contributed by atoms with Gasteiger partial charge in [-0.1, -0.05) is 48.5 Å². The summed E-state index contributed by atoms with van der Waals surface area (Å²) >= 11 is 12.4. The van der Waals surface area contributed by atoms with Gasteiger partial charge in [0, 0.05) is 33.5 Å². The number of pyridine rings is 1. The molecule has 2 heterocycles. The second kappa shape index (κ2) is 8.72. The van der Waals surface area contributed by atoms with E-state index in [-0.39, 0.29) is 17.9 Å². The van der Waals surface area contributed by atoms with Crippen LogP contribution in [0.15, 0.2) is 41.6 Å². The Kier molecular flexibility index (Phi) is 6.07. The summed E-state index contributed by atoms with van der Waals surface area (Å²) < 4.78 is 0. The highest BCUT2D eigenvalue weighted by molar-refractivity contribution is 6.44. The lowest BCUT2D eigenvalue weighted by Crippen LogP contribution is -2.35. The lowest BCUT2D eigenvalue weighted by atomic mass is 9.90. The Bertz CT molecular complexity index is 946. The number of aryl methyl sites for hydroxylation is 1. The molecule has 2 aliphatic rings. The van der Waals surface area contributed by atoms with Crippen molar-refractivity contribution in [3.8, 4) is 0 Å². The molecule has 7 heteroatoms. The highest BCUT2D eigenvalue weighted by Gasteiger charge is 2.40. The zero-order chi connectivity index (χ0) is 20.4. The van der Waals surface area contributed by atoms with Gasteiger partial charge in [-0.05, 0) is 49.6 Å². The lowest BCUT2D eigenvalue weighted by molar-refractivity contribution is -0.110. The quantitative estimate of drug-likeness (QED) is 0.700. The van der Waals surface area contributed by atoms with E-state index in [1.165, 1.54) is 6.42 Å². The molecule has 2 aromatic rings. The van der Waals surface area contributed by atoms with Crippen LogP contribution < -0.4 is 5.32 Å². The van der Waals surface area contributed by atoms with Crippen LogP contribution in [0.3, 0.4) is 0 Å². The monoisotopic (exact) mass is 430 g/mol. The maximum absolute atomic E-state index is 13.1. The molecule has 0 saturated heterocycles. The second-order valence-corrected chi connectivity index (χ2v) is 8.61. The number of aromatic nitrogens is 1. The molecule has 0 radical (unpaired) electrons. The maximum atomic E-state index is 13.1. The molecule has 0 spiro atoms. The summed E-state index contributed by atoms with van der Waals surface area (Å²) in [5.74, 6) is 0.0173. The van der Waals surface area contributed by atoms with Crippen LogP contribution in [0, 0.1) is 12.8 Å². The summed E-state index contributed by atoms with van der Waals surface area (Å²) in [6, 6.07) is 9.42. The van der Waals surface area contributed by atoms with Crippen LogP contribution in [-0.2, 0) is 11.3 Å². The number of rotatable bonds is 4. The Morgan fingerprint density at radius 2 is 2.00 bits per heavy atom. The van der Waals surface area contributed by atoms with Crippen molar-refractivity contribution in [3.63, 3.8) is 0 Å². The molecule has 29 heavy (non-hydrogen) atoms. The Morgan fingerprint density at radius 3 is 2.79 bits per heavy atom. The number of amides is 1. The van der Waals surface area contributed by atoms with Crippen LogP contribution in [0.2, 0.25) is 10.0 Å². The number of hydrogen-bond donors (Lipinski definition) is 1. The summed E-state index contributed by atoms with van der Waals surface area (Å²) in [4.78, 5) is 17.3. The van der Waals surface area contributed by atoms with Crippen LogP contribution in [0.1, 0.15) is 43.4 Å². The predicted octanol–water partition coefficient (Wildman–Crippen LogP) is 5.46. The molecule has 2 unspecified atom stereocenters. The first-order valence-electron chi connectivity index (χ1n) is 10.0. The van der Waals surface area contributed by atoms with E-state index < -0.39 is 0 Å². The third kappa shape index (κ3) is 4.57. The molecule has 0 bridgehead atoms. The molecule has 4 rings (SSSR count). The van der Waals surface area contributed by atoms with Crippen LogP contribution in [0.25, 0.3) is 0 Å². The number of hydrogen-bond acceptors (Lipinski definition) is 4. The first kappa shape index (κ1) is 20.2. The summed E-state index contributed by atoms with van der Waals surface area (Å²) in [6.45, 7) is 2.48. The van der Waals surface area contributed by atoms with E-state index in [0.717, 1.165) is 42.6 Å². The van der Waals surface area contributed by atoms with Crippen molar-refractivity contribution in [1.29, 1.82) is 0 Å². The minimum Gasteiger partial charge on any atom is -0.321 e. The Balaban J connectivity index is 1.59. The third-order valence-corrected chi connectivity index (χ3v) is 6.27. The van der Waals surface area contributed by atoms with E-state index in [4.69, 9.17) is 28.3 Å². The first-order chi connectivity index (χ1) is 14.0. The van der Waals surface area contributed by atoms with Crippen LogP contribution >= 0.6 is 23.2 Å². The maximum Gasteiger partial charge on any atom is 0.272 e. The minimum atomic E-state index is -0.128. The molecule has 1 fully saturated rings. The van der Waals surface area contributed by atoms with Gasteiger partial charge in [-0.15, -0.1) is 0 Å². The summed E-state index contributed by atoms with van der Waals surface area (Å²) in [5, 5.41) is 11.1. The van der Waals surface area contributed by atoms with E-state index in [0.29, 0.717) is 22.3 Å². The SMILES string of the molecule is Cc1cc(NC(=O)C2=NN(Cc3ccc(Cl)cc3Cl)C3CCCCCC23)ccn1. The van der Waals surface area contributed by atoms with E-state index in [1.807, 2.05) is 25.1 Å². The van der Waals surface area contributed by atoms with Gasteiger partial charge in [0.1, 0.15) is 5.71 Å². The van der Waals surface area contributed by atoms with E-state index in [9.17, 15) is 4.79 Å². The van der Waals surface area contributed by atoms with Crippen molar-refractivity contribution in [1.82, 2.24) is 9.99 Å². The van der Waals surface area contributed by atoms with E-state index >= 15 is 0 Å². The third-order valence-electron chi connectivity index (χ3n) is 5.68.